The lowest BCUT2D eigenvalue weighted by Crippen LogP contribution is -2.51. The minimum Gasteiger partial charge on any atom is -0.480 e. The van der Waals surface area contributed by atoms with Crippen LogP contribution in [0.1, 0.15) is 39.5 Å². The number of nitrogens with one attached hydrogen (secondary N) is 1. The van der Waals surface area contributed by atoms with Crippen LogP contribution in [-0.2, 0) is 14.3 Å². The van der Waals surface area contributed by atoms with Crippen molar-refractivity contribution in [2.24, 2.45) is 11.7 Å². The second kappa shape index (κ2) is 7.45. The van der Waals surface area contributed by atoms with Gasteiger partial charge in [-0.3, -0.25) is 4.79 Å². The highest BCUT2D eigenvalue weighted by Gasteiger charge is 2.29. The summed E-state index contributed by atoms with van der Waals surface area (Å²) in [6.45, 7) is 4.48. The molecule has 1 aliphatic heterocycles. The predicted molar refractivity (Wildman–Crippen MR) is 70.6 cm³/mol. The van der Waals surface area contributed by atoms with E-state index in [2.05, 4.69) is 5.32 Å². The molecule has 1 rings (SSSR count). The van der Waals surface area contributed by atoms with Gasteiger partial charge in [0.1, 0.15) is 6.04 Å². The quantitative estimate of drug-likeness (QED) is 0.626. The fourth-order valence-electron chi connectivity index (χ4n) is 2.09. The summed E-state index contributed by atoms with van der Waals surface area (Å²) in [5.41, 5.74) is 5.79. The third-order valence-corrected chi connectivity index (χ3v) is 3.70. The Kier molecular flexibility index (Phi) is 6.24. The van der Waals surface area contributed by atoms with E-state index in [1.807, 2.05) is 13.8 Å². The number of nitrogens with two attached hydrogens (primary N) is 1. The molecule has 0 radical (unpaired) electrons. The number of carbonyl (C=O) groups is 2. The van der Waals surface area contributed by atoms with E-state index in [9.17, 15) is 9.59 Å². The number of hydrogen-bond acceptors (Lipinski definition) is 4. The maximum atomic E-state index is 11.9. The van der Waals surface area contributed by atoms with Crippen molar-refractivity contribution in [3.63, 3.8) is 0 Å². The van der Waals surface area contributed by atoms with Crippen LogP contribution in [0.3, 0.4) is 0 Å². The van der Waals surface area contributed by atoms with Gasteiger partial charge in [0.05, 0.1) is 12.1 Å². The molecule has 110 valence electrons. The van der Waals surface area contributed by atoms with Crippen molar-refractivity contribution >= 4 is 11.9 Å². The zero-order valence-corrected chi connectivity index (χ0v) is 11.6. The maximum absolute atomic E-state index is 11.9. The number of aliphatic carboxylic acids is 1. The van der Waals surface area contributed by atoms with Crippen molar-refractivity contribution in [2.45, 2.75) is 57.7 Å². The van der Waals surface area contributed by atoms with E-state index in [-0.39, 0.29) is 12.0 Å². The van der Waals surface area contributed by atoms with Gasteiger partial charge in [-0.2, -0.15) is 0 Å². The smallest absolute Gasteiger partial charge is 0.326 e. The monoisotopic (exact) mass is 272 g/mol. The molecular weight excluding hydrogens is 248 g/mol. The zero-order chi connectivity index (χ0) is 14.4. The molecule has 1 amide bonds. The Morgan fingerprint density at radius 2 is 2.21 bits per heavy atom. The van der Waals surface area contributed by atoms with Gasteiger partial charge in [-0.1, -0.05) is 20.3 Å². The van der Waals surface area contributed by atoms with E-state index in [0.29, 0.717) is 13.0 Å². The Morgan fingerprint density at radius 1 is 1.53 bits per heavy atom. The topological polar surface area (TPSA) is 102 Å². The van der Waals surface area contributed by atoms with E-state index in [4.69, 9.17) is 15.6 Å². The number of carboxylic acid groups (broad SMARTS) is 1. The number of hydrogen-bond donors (Lipinski definition) is 3. The number of carbonyl (C=O) groups excluding carboxylic acids is 1. The van der Waals surface area contributed by atoms with Crippen LogP contribution in [0.15, 0.2) is 0 Å². The van der Waals surface area contributed by atoms with Gasteiger partial charge in [-0.05, 0) is 18.8 Å². The Hall–Kier alpha value is -1.14. The highest BCUT2D eigenvalue weighted by atomic mass is 16.5. The van der Waals surface area contributed by atoms with Gasteiger partial charge in [-0.15, -0.1) is 0 Å². The SMILES string of the molecule is CCC(C)[C@H](N)C(=O)NC(C[C@@H]1CCCO1)C(=O)O. The molecule has 0 aliphatic carbocycles. The van der Waals surface area contributed by atoms with Crippen molar-refractivity contribution in [2.75, 3.05) is 6.61 Å². The average molecular weight is 272 g/mol. The molecule has 1 aliphatic rings. The molecule has 19 heavy (non-hydrogen) atoms. The molecule has 0 spiro atoms. The Balaban J connectivity index is 2.52. The second-order valence-electron chi connectivity index (χ2n) is 5.18. The van der Waals surface area contributed by atoms with Gasteiger partial charge in [-0.25, -0.2) is 4.79 Å². The number of carboxylic acids is 1. The van der Waals surface area contributed by atoms with Crippen molar-refractivity contribution in [1.29, 1.82) is 0 Å². The zero-order valence-electron chi connectivity index (χ0n) is 11.6. The first-order chi connectivity index (χ1) is 8.95. The predicted octanol–water partition coefficient (Wildman–Crippen LogP) is 0.498. The minimum absolute atomic E-state index is 0.0252. The fraction of sp³-hybridized carbons (Fsp3) is 0.846. The number of ether oxygens (including phenoxy) is 1. The molecule has 1 heterocycles. The van der Waals surface area contributed by atoms with Gasteiger partial charge < -0.3 is 20.9 Å². The third kappa shape index (κ3) is 4.80. The van der Waals surface area contributed by atoms with Crippen LogP contribution < -0.4 is 11.1 Å². The molecule has 4 atom stereocenters. The summed E-state index contributed by atoms with van der Waals surface area (Å²) in [7, 11) is 0. The largest absolute Gasteiger partial charge is 0.480 e. The van der Waals surface area contributed by atoms with Crippen LogP contribution in [0.5, 0.6) is 0 Å². The van der Waals surface area contributed by atoms with Gasteiger partial charge in [0.2, 0.25) is 5.91 Å². The first-order valence-corrected chi connectivity index (χ1v) is 6.86. The van der Waals surface area contributed by atoms with E-state index in [0.717, 1.165) is 19.3 Å². The Labute approximate surface area is 113 Å². The summed E-state index contributed by atoms with van der Waals surface area (Å²) >= 11 is 0. The number of rotatable bonds is 7. The Bertz CT molecular complexity index is 316. The molecule has 0 aromatic heterocycles. The Morgan fingerprint density at radius 3 is 2.68 bits per heavy atom. The highest BCUT2D eigenvalue weighted by Crippen LogP contribution is 2.17. The molecular formula is C13H24N2O4. The van der Waals surface area contributed by atoms with Gasteiger partial charge in [0, 0.05) is 13.0 Å². The lowest BCUT2D eigenvalue weighted by Gasteiger charge is -2.22. The van der Waals surface area contributed by atoms with Gasteiger partial charge in [0.25, 0.3) is 0 Å². The molecule has 0 aromatic rings. The minimum atomic E-state index is -1.04. The van der Waals surface area contributed by atoms with E-state index in [1.165, 1.54) is 0 Å². The van der Waals surface area contributed by atoms with Crippen molar-refractivity contribution in [3.05, 3.63) is 0 Å². The standard InChI is InChI=1S/C13H24N2O4/c1-3-8(2)11(14)12(16)15-10(13(17)18)7-9-5-4-6-19-9/h8-11H,3-7,14H2,1-2H3,(H,15,16)(H,17,18)/t8?,9-,10?,11-/m0/s1. The van der Waals surface area contributed by atoms with Crippen LogP contribution in [0.2, 0.25) is 0 Å². The summed E-state index contributed by atoms with van der Waals surface area (Å²) in [4.78, 5) is 23.1. The average Bonchev–Trinajstić information content (AvgIpc) is 2.88. The summed E-state index contributed by atoms with van der Waals surface area (Å²) in [5, 5.41) is 11.7. The van der Waals surface area contributed by atoms with Crippen LogP contribution >= 0.6 is 0 Å². The van der Waals surface area contributed by atoms with E-state index < -0.39 is 24.0 Å². The molecule has 1 fully saturated rings. The summed E-state index contributed by atoms with van der Waals surface area (Å²) < 4.78 is 5.40. The molecule has 1 saturated heterocycles. The molecule has 0 saturated carbocycles. The van der Waals surface area contributed by atoms with Gasteiger partial charge >= 0.3 is 5.97 Å². The number of amides is 1. The summed E-state index contributed by atoms with van der Waals surface area (Å²) in [5.74, 6) is -1.42. The molecule has 6 nitrogen and oxygen atoms in total. The highest BCUT2D eigenvalue weighted by molar-refractivity contribution is 5.86. The second-order valence-corrected chi connectivity index (χ2v) is 5.18. The first kappa shape index (κ1) is 15.9. The van der Waals surface area contributed by atoms with Crippen LogP contribution in [-0.4, -0.2) is 41.8 Å². The van der Waals surface area contributed by atoms with Crippen molar-refractivity contribution < 1.29 is 19.4 Å². The molecule has 6 heteroatoms. The van der Waals surface area contributed by atoms with Crippen LogP contribution in [0.25, 0.3) is 0 Å². The third-order valence-electron chi connectivity index (χ3n) is 3.70. The van der Waals surface area contributed by atoms with Crippen LogP contribution in [0.4, 0.5) is 0 Å². The first-order valence-electron chi connectivity index (χ1n) is 6.86. The van der Waals surface area contributed by atoms with Crippen molar-refractivity contribution in [1.82, 2.24) is 5.32 Å². The summed E-state index contributed by atoms with van der Waals surface area (Å²) in [6, 6.07) is -1.60. The van der Waals surface area contributed by atoms with E-state index >= 15 is 0 Å². The summed E-state index contributed by atoms with van der Waals surface area (Å²) in [6.07, 6.45) is 2.78. The maximum Gasteiger partial charge on any atom is 0.326 e. The molecule has 4 N–H and O–H groups in total. The fourth-order valence-corrected chi connectivity index (χ4v) is 2.09. The van der Waals surface area contributed by atoms with Crippen LogP contribution in [0, 0.1) is 5.92 Å². The van der Waals surface area contributed by atoms with Crippen molar-refractivity contribution in [3.8, 4) is 0 Å². The normalized spacial score (nSPS) is 23.6. The lowest BCUT2D eigenvalue weighted by atomic mass is 9.98. The lowest BCUT2D eigenvalue weighted by molar-refractivity contribution is -0.143. The van der Waals surface area contributed by atoms with E-state index in [1.54, 1.807) is 0 Å². The molecule has 0 aromatic carbocycles. The molecule has 0 bridgehead atoms. The molecule has 2 unspecified atom stereocenters. The van der Waals surface area contributed by atoms with Gasteiger partial charge in [0.15, 0.2) is 0 Å².